The molecular weight excluding hydrogens is 250 g/mol. The van der Waals surface area contributed by atoms with Gasteiger partial charge in [-0.2, -0.15) is 5.10 Å². The van der Waals surface area contributed by atoms with Gasteiger partial charge in [-0.1, -0.05) is 13.8 Å². The third kappa shape index (κ3) is 4.06. The van der Waals surface area contributed by atoms with E-state index in [4.69, 9.17) is 9.84 Å². The average Bonchev–Trinajstić information content (AvgIpc) is 2.95. The first-order valence-electron chi connectivity index (χ1n) is 8.09. The van der Waals surface area contributed by atoms with Crippen molar-refractivity contribution < 1.29 is 4.74 Å². The first kappa shape index (κ1) is 15.5. The van der Waals surface area contributed by atoms with Gasteiger partial charge in [-0.15, -0.1) is 0 Å². The number of nitrogens with one attached hydrogen (secondary N) is 1. The Kier molecular flexibility index (Phi) is 6.05. The Morgan fingerprint density at radius 1 is 1.40 bits per heavy atom. The van der Waals surface area contributed by atoms with Crippen molar-refractivity contribution in [1.29, 1.82) is 0 Å². The molecule has 2 unspecified atom stereocenters. The van der Waals surface area contributed by atoms with E-state index in [0.29, 0.717) is 12.1 Å². The van der Waals surface area contributed by atoms with Crippen molar-refractivity contribution >= 4 is 0 Å². The molecule has 0 saturated carbocycles. The lowest BCUT2D eigenvalue weighted by atomic mass is 9.89. The maximum atomic E-state index is 5.48. The van der Waals surface area contributed by atoms with Crippen molar-refractivity contribution in [2.45, 2.75) is 58.5 Å². The third-order valence-corrected chi connectivity index (χ3v) is 4.44. The molecule has 1 aromatic rings. The fourth-order valence-electron chi connectivity index (χ4n) is 2.93. The van der Waals surface area contributed by atoms with Crippen LogP contribution < -0.4 is 5.32 Å². The predicted octanol–water partition coefficient (Wildman–Crippen LogP) is 2.80. The van der Waals surface area contributed by atoms with Crippen LogP contribution in [-0.2, 0) is 11.2 Å². The minimum Gasteiger partial charge on any atom is -0.381 e. The Morgan fingerprint density at radius 2 is 2.15 bits per heavy atom. The van der Waals surface area contributed by atoms with Gasteiger partial charge < -0.3 is 10.1 Å². The van der Waals surface area contributed by atoms with Crippen LogP contribution in [-0.4, -0.2) is 35.6 Å². The minimum atomic E-state index is 0.490. The lowest BCUT2D eigenvalue weighted by molar-refractivity contribution is 0.0538. The van der Waals surface area contributed by atoms with Crippen LogP contribution in [0.3, 0.4) is 0 Å². The first-order chi connectivity index (χ1) is 9.74. The molecule has 2 atom stereocenters. The molecule has 0 amide bonds. The number of aromatic nitrogens is 2. The van der Waals surface area contributed by atoms with Crippen LogP contribution in [0.25, 0.3) is 0 Å². The Balaban J connectivity index is 1.97. The van der Waals surface area contributed by atoms with Crippen LogP contribution in [0, 0.1) is 5.92 Å². The molecule has 20 heavy (non-hydrogen) atoms. The molecule has 0 aliphatic carbocycles. The van der Waals surface area contributed by atoms with Gasteiger partial charge in [-0.3, -0.25) is 4.68 Å². The Morgan fingerprint density at radius 3 is 2.80 bits per heavy atom. The molecule has 114 valence electrons. The topological polar surface area (TPSA) is 39.1 Å². The lowest BCUT2D eigenvalue weighted by Gasteiger charge is -2.30. The zero-order valence-electron chi connectivity index (χ0n) is 13.1. The molecule has 4 nitrogen and oxygen atoms in total. The molecule has 1 saturated heterocycles. The molecule has 1 N–H and O–H groups in total. The molecule has 0 aromatic carbocycles. The highest BCUT2D eigenvalue weighted by molar-refractivity contribution is 5.03. The molecule has 1 fully saturated rings. The van der Waals surface area contributed by atoms with Crippen molar-refractivity contribution in [1.82, 2.24) is 15.1 Å². The number of rotatable bonds is 7. The highest BCUT2D eigenvalue weighted by atomic mass is 16.5. The molecule has 0 spiro atoms. The second-order valence-corrected chi connectivity index (χ2v) is 5.86. The largest absolute Gasteiger partial charge is 0.381 e. The van der Waals surface area contributed by atoms with Crippen LogP contribution in [0.2, 0.25) is 0 Å². The summed E-state index contributed by atoms with van der Waals surface area (Å²) < 4.78 is 7.58. The number of nitrogens with zero attached hydrogens (tertiary/aromatic N) is 2. The normalized spacial score (nSPS) is 19.9. The van der Waals surface area contributed by atoms with Gasteiger partial charge in [0.25, 0.3) is 0 Å². The van der Waals surface area contributed by atoms with Gasteiger partial charge >= 0.3 is 0 Å². The van der Waals surface area contributed by atoms with Gasteiger partial charge in [0.1, 0.15) is 0 Å². The van der Waals surface area contributed by atoms with Gasteiger partial charge in [-0.05, 0) is 44.7 Å². The molecular formula is C16H29N3O. The molecule has 0 bridgehead atoms. The van der Waals surface area contributed by atoms with Crippen molar-refractivity contribution in [2.24, 2.45) is 5.92 Å². The Hall–Kier alpha value is -0.870. The monoisotopic (exact) mass is 279 g/mol. The first-order valence-corrected chi connectivity index (χ1v) is 8.09. The fourth-order valence-corrected chi connectivity index (χ4v) is 2.93. The summed E-state index contributed by atoms with van der Waals surface area (Å²) in [7, 11) is 0. The van der Waals surface area contributed by atoms with Crippen LogP contribution >= 0.6 is 0 Å². The minimum absolute atomic E-state index is 0.490. The molecule has 4 heteroatoms. The van der Waals surface area contributed by atoms with E-state index < -0.39 is 0 Å². The number of likely N-dealkylation sites (N-methyl/N-ethyl adjacent to an activating group) is 1. The summed E-state index contributed by atoms with van der Waals surface area (Å²) in [4.78, 5) is 0. The summed E-state index contributed by atoms with van der Waals surface area (Å²) in [5, 5.41) is 8.39. The van der Waals surface area contributed by atoms with E-state index in [2.05, 4.69) is 43.0 Å². The summed E-state index contributed by atoms with van der Waals surface area (Å²) in [5.74, 6) is 0.720. The molecule has 1 aliphatic rings. The Bertz CT molecular complexity index is 385. The van der Waals surface area contributed by atoms with Gasteiger partial charge in [0.05, 0.1) is 5.69 Å². The van der Waals surface area contributed by atoms with E-state index in [-0.39, 0.29) is 0 Å². The molecule has 2 rings (SSSR count). The quantitative estimate of drug-likeness (QED) is 0.834. The SMILES string of the molecule is CCNC(Cc1ccn(C(C)CC)n1)C1CCOCC1. The van der Waals surface area contributed by atoms with E-state index in [1.807, 2.05) is 0 Å². The summed E-state index contributed by atoms with van der Waals surface area (Å²) in [5.41, 5.74) is 1.21. The predicted molar refractivity (Wildman–Crippen MR) is 81.9 cm³/mol. The lowest BCUT2D eigenvalue weighted by Crippen LogP contribution is -2.40. The molecule has 1 aliphatic heterocycles. The van der Waals surface area contributed by atoms with Crippen molar-refractivity contribution in [3.05, 3.63) is 18.0 Å². The van der Waals surface area contributed by atoms with Crippen LogP contribution in [0.4, 0.5) is 0 Å². The smallest absolute Gasteiger partial charge is 0.0640 e. The van der Waals surface area contributed by atoms with E-state index in [0.717, 1.165) is 38.5 Å². The van der Waals surface area contributed by atoms with Gasteiger partial charge in [0.2, 0.25) is 0 Å². The number of ether oxygens (including phenoxy) is 1. The summed E-state index contributed by atoms with van der Waals surface area (Å²) >= 11 is 0. The Labute approximate surface area is 122 Å². The average molecular weight is 279 g/mol. The highest BCUT2D eigenvalue weighted by Crippen LogP contribution is 2.21. The standard InChI is InChI=1S/C16H29N3O/c1-4-13(3)19-9-6-15(18-19)12-16(17-5-2)14-7-10-20-11-8-14/h6,9,13-14,16-17H,4-5,7-8,10-12H2,1-3H3. The van der Waals surface area contributed by atoms with Gasteiger partial charge in [0, 0.05) is 37.9 Å². The van der Waals surface area contributed by atoms with Crippen molar-refractivity contribution in [2.75, 3.05) is 19.8 Å². The van der Waals surface area contributed by atoms with Crippen LogP contribution in [0.15, 0.2) is 12.3 Å². The van der Waals surface area contributed by atoms with Crippen molar-refractivity contribution in [3.63, 3.8) is 0 Å². The summed E-state index contributed by atoms with van der Waals surface area (Å²) in [6.45, 7) is 9.45. The highest BCUT2D eigenvalue weighted by Gasteiger charge is 2.24. The van der Waals surface area contributed by atoms with Crippen molar-refractivity contribution in [3.8, 4) is 0 Å². The molecule has 1 aromatic heterocycles. The zero-order chi connectivity index (χ0) is 14.4. The number of hydrogen-bond acceptors (Lipinski definition) is 3. The summed E-state index contributed by atoms with van der Waals surface area (Å²) in [6.07, 6.45) is 6.61. The second-order valence-electron chi connectivity index (χ2n) is 5.86. The summed E-state index contributed by atoms with van der Waals surface area (Å²) in [6, 6.07) is 3.20. The second kappa shape index (κ2) is 7.79. The van der Waals surface area contributed by atoms with Gasteiger partial charge in [-0.25, -0.2) is 0 Å². The van der Waals surface area contributed by atoms with E-state index >= 15 is 0 Å². The maximum absolute atomic E-state index is 5.48. The molecule has 2 heterocycles. The van der Waals surface area contributed by atoms with E-state index in [1.54, 1.807) is 0 Å². The zero-order valence-corrected chi connectivity index (χ0v) is 13.1. The van der Waals surface area contributed by atoms with Crippen LogP contribution in [0.5, 0.6) is 0 Å². The van der Waals surface area contributed by atoms with Gasteiger partial charge in [0.15, 0.2) is 0 Å². The maximum Gasteiger partial charge on any atom is 0.0640 e. The molecule has 0 radical (unpaired) electrons. The van der Waals surface area contributed by atoms with E-state index in [1.165, 1.54) is 18.5 Å². The number of hydrogen-bond donors (Lipinski definition) is 1. The third-order valence-electron chi connectivity index (χ3n) is 4.44. The fraction of sp³-hybridized carbons (Fsp3) is 0.812. The van der Waals surface area contributed by atoms with Crippen LogP contribution in [0.1, 0.15) is 51.8 Å². The van der Waals surface area contributed by atoms with E-state index in [9.17, 15) is 0 Å².